The maximum Gasteiger partial charge on any atom is 0.256 e. The molecule has 4 heteroatoms. The van der Waals surface area contributed by atoms with Gasteiger partial charge in [-0.15, -0.1) is 0 Å². The third-order valence-corrected chi connectivity index (χ3v) is 5.92. The second kappa shape index (κ2) is 8.30. The Morgan fingerprint density at radius 1 is 1.19 bits per heavy atom. The number of benzene rings is 2. The molecule has 0 bridgehead atoms. The molecular weight excluding hydrogens is 338 g/mol. The van der Waals surface area contributed by atoms with E-state index in [0.29, 0.717) is 5.92 Å². The number of nitrogens with one attached hydrogen (secondary N) is 1. The zero-order chi connectivity index (χ0) is 19.4. The summed E-state index contributed by atoms with van der Waals surface area (Å²) >= 11 is 0. The summed E-state index contributed by atoms with van der Waals surface area (Å²) in [5.41, 5.74) is 0.0848. The summed E-state index contributed by atoms with van der Waals surface area (Å²) in [6, 6.07) is 11.9. The van der Waals surface area contributed by atoms with Gasteiger partial charge in [-0.3, -0.25) is 4.79 Å². The molecule has 1 atom stereocenters. The van der Waals surface area contributed by atoms with Gasteiger partial charge in [0.2, 0.25) is 0 Å². The van der Waals surface area contributed by atoms with Gasteiger partial charge in [0, 0.05) is 23.6 Å². The molecule has 0 heterocycles. The van der Waals surface area contributed by atoms with Gasteiger partial charge in [-0.2, -0.15) is 0 Å². The Labute approximate surface area is 162 Å². The van der Waals surface area contributed by atoms with E-state index in [4.69, 9.17) is 9.47 Å². The molecule has 1 N–H and O–H groups in total. The molecule has 0 aromatic heterocycles. The van der Waals surface area contributed by atoms with Crippen molar-refractivity contribution in [3.8, 4) is 5.75 Å². The fourth-order valence-electron chi connectivity index (χ4n) is 3.77. The van der Waals surface area contributed by atoms with Crippen LogP contribution in [0.5, 0.6) is 5.75 Å². The number of amides is 1. The van der Waals surface area contributed by atoms with Gasteiger partial charge in [0.25, 0.3) is 5.91 Å². The largest absolute Gasteiger partial charge is 0.490 e. The van der Waals surface area contributed by atoms with Crippen molar-refractivity contribution in [2.24, 2.45) is 5.92 Å². The zero-order valence-electron chi connectivity index (χ0n) is 16.9. The maximum absolute atomic E-state index is 13.1. The number of carbonyl (C=O) groups excluding carboxylic acids is 1. The molecule has 1 fully saturated rings. The van der Waals surface area contributed by atoms with Crippen molar-refractivity contribution < 1.29 is 14.3 Å². The monoisotopic (exact) mass is 369 g/mol. The van der Waals surface area contributed by atoms with Crippen LogP contribution in [0.3, 0.4) is 0 Å². The topological polar surface area (TPSA) is 47.6 Å². The maximum atomic E-state index is 13.1. The molecule has 1 saturated carbocycles. The average Bonchev–Trinajstić information content (AvgIpc) is 2.70. The van der Waals surface area contributed by atoms with Gasteiger partial charge < -0.3 is 14.8 Å². The van der Waals surface area contributed by atoms with Crippen LogP contribution < -0.4 is 10.1 Å². The number of hydrogen-bond acceptors (Lipinski definition) is 3. The molecule has 146 valence electrons. The van der Waals surface area contributed by atoms with Crippen LogP contribution in [-0.4, -0.2) is 24.7 Å². The van der Waals surface area contributed by atoms with E-state index in [2.05, 4.69) is 26.1 Å². The summed E-state index contributed by atoms with van der Waals surface area (Å²) in [5.74, 6) is 1.46. The number of carbonyl (C=O) groups is 1. The standard InChI is InChI=1S/C23H31NO3/c1-5-17(3)27-21-11-10-20(18-8-6-7-9-19(18)21)24-22(25)23(26-4)14-12-16(2)13-15-23/h6-11,16-17H,5,12-15H2,1-4H3,(H,24,25). The quantitative estimate of drug-likeness (QED) is 0.726. The number of methoxy groups -OCH3 is 1. The average molecular weight is 370 g/mol. The van der Waals surface area contributed by atoms with Crippen molar-refractivity contribution in [2.45, 2.75) is 64.6 Å². The van der Waals surface area contributed by atoms with Gasteiger partial charge in [0.1, 0.15) is 11.4 Å². The van der Waals surface area contributed by atoms with Crippen molar-refractivity contribution in [1.29, 1.82) is 0 Å². The minimum Gasteiger partial charge on any atom is -0.490 e. The van der Waals surface area contributed by atoms with E-state index < -0.39 is 5.60 Å². The third kappa shape index (κ3) is 4.11. The van der Waals surface area contributed by atoms with E-state index in [0.717, 1.165) is 54.3 Å². The number of ether oxygens (including phenoxy) is 2. The van der Waals surface area contributed by atoms with Crippen LogP contribution in [0.2, 0.25) is 0 Å². The first kappa shape index (κ1) is 19.7. The summed E-state index contributed by atoms with van der Waals surface area (Å²) < 4.78 is 11.8. The first-order valence-corrected chi connectivity index (χ1v) is 10.0. The molecule has 1 amide bonds. The van der Waals surface area contributed by atoms with Gasteiger partial charge in [-0.1, -0.05) is 38.1 Å². The van der Waals surface area contributed by atoms with Gasteiger partial charge in [-0.25, -0.2) is 0 Å². The fraction of sp³-hybridized carbons (Fsp3) is 0.522. The SMILES string of the molecule is CCC(C)Oc1ccc(NC(=O)C2(OC)CCC(C)CC2)c2ccccc12. The molecule has 0 radical (unpaired) electrons. The molecule has 0 spiro atoms. The third-order valence-electron chi connectivity index (χ3n) is 5.92. The van der Waals surface area contributed by atoms with E-state index in [1.165, 1.54) is 0 Å². The van der Waals surface area contributed by atoms with Gasteiger partial charge in [0.15, 0.2) is 0 Å². The normalized spacial score (nSPS) is 23.8. The van der Waals surface area contributed by atoms with E-state index >= 15 is 0 Å². The van der Waals surface area contributed by atoms with Crippen molar-refractivity contribution in [1.82, 2.24) is 0 Å². The first-order valence-electron chi connectivity index (χ1n) is 10.0. The van der Waals surface area contributed by atoms with Gasteiger partial charge in [0.05, 0.1) is 6.10 Å². The predicted octanol–water partition coefficient (Wildman–Crippen LogP) is 5.55. The lowest BCUT2D eigenvalue weighted by Gasteiger charge is -2.36. The molecule has 3 rings (SSSR count). The van der Waals surface area contributed by atoms with Crippen molar-refractivity contribution in [3.63, 3.8) is 0 Å². The van der Waals surface area contributed by atoms with Crippen LogP contribution in [-0.2, 0) is 9.53 Å². The smallest absolute Gasteiger partial charge is 0.256 e. The highest BCUT2D eigenvalue weighted by molar-refractivity contribution is 6.06. The molecule has 2 aromatic carbocycles. The van der Waals surface area contributed by atoms with Crippen LogP contribution in [0.4, 0.5) is 5.69 Å². The number of rotatable bonds is 6. The van der Waals surface area contributed by atoms with E-state index in [-0.39, 0.29) is 12.0 Å². The van der Waals surface area contributed by atoms with Crippen molar-refractivity contribution in [3.05, 3.63) is 36.4 Å². The Hall–Kier alpha value is -2.07. The van der Waals surface area contributed by atoms with Crippen molar-refractivity contribution in [2.75, 3.05) is 12.4 Å². The minimum absolute atomic E-state index is 0.0438. The second-order valence-electron chi connectivity index (χ2n) is 7.83. The van der Waals surface area contributed by atoms with Crippen LogP contribution in [0.15, 0.2) is 36.4 Å². The molecule has 27 heavy (non-hydrogen) atoms. The summed E-state index contributed by atoms with van der Waals surface area (Å²) in [7, 11) is 1.65. The number of hydrogen-bond donors (Lipinski definition) is 1. The number of fused-ring (bicyclic) bond motifs is 1. The highest BCUT2D eigenvalue weighted by atomic mass is 16.5. The highest BCUT2D eigenvalue weighted by Gasteiger charge is 2.41. The Bertz CT molecular complexity index is 793. The van der Waals surface area contributed by atoms with Gasteiger partial charge in [-0.05, 0) is 57.1 Å². The molecule has 0 saturated heterocycles. The molecule has 1 aliphatic carbocycles. The molecule has 1 aliphatic rings. The highest BCUT2D eigenvalue weighted by Crippen LogP contribution is 2.37. The van der Waals surface area contributed by atoms with Crippen LogP contribution in [0.1, 0.15) is 52.9 Å². The summed E-state index contributed by atoms with van der Waals surface area (Å²) in [5, 5.41) is 5.14. The summed E-state index contributed by atoms with van der Waals surface area (Å²) in [6.07, 6.45) is 4.66. The zero-order valence-corrected chi connectivity index (χ0v) is 16.9. The van der Waals surface area contributed by atoms with Crippen LogP contribution >= 0.6 is 0 Å². The molecule has 4 nitrogen and oxygen atoms in total. The molecule has 1 unspecified atom stereocenters. The Balaban J connectivity index is 1.89. The molecular formula is C23H31NO3. The predicted molar refractivity (Wildman–Crippen MR) is 110 cm³/mol. The fourth-order valence-corrected chi connectivity index (χ4v) is 3.77. The van der Waals surface area contributed by atoms with Crippen LogP contribution in [0.25, 0.3) is 10.8 Å². The first-order chi connectivity index (χ1) is 13.0. The summed E-state index contributed by atoms with van der Waals surface area (Å²) in [4.78, 5) is 13.1. The number of anilines is 1. The summed E-state index contributed by atoms with van der Waals surface area (Å²) in [6.45, 7) is 6.41. The lowest BCUT2D eigenvalue weighted by Crippen LogP contribution is -2.47. The second-order valence-corrected chi connectivity index (χ2v) is 7.83. The van der Waals surface area contributed by atoms with Crippen molar-refractivity contribution >= 4 is 22.4 Å². The Kier molecular flexibility index (Phi) is 6.05. The molecule has 0 aliphatic heterocycles. The van der Waals surface area contributed by atoms with Crippen LogP contribution in [0, 0.1) is 5.92 Å². The lowest BCUT2D eigenvalue weighted by atomic mass is 9.79. The van der Waals surface area contributed by atoms with Gasteiger partial charge >= 0.3 is 0 Å². The van der Waals surface area contributed by atoms with E-state index in [9.17, 15) is 4.79 Å². The minimum atomic E-state index is -0.723. The van der Waals surface area contributed by atoms with E-state index in [1.54, 1.807) is 7.11 Å². The Morgan fingerprint density at radius 2 is 1.85 bits per heavy atom. The van der Waals surface area contributed by atoms with E-state index in [1.807, 2.05) is 36.4 Å². The molecule has 2 aromatic rings. The Morgan fingerprint density at radius 3 is 2.48 bits per heavy atom. The lowest BCUT2D eigenvalue weighted by molar-refractivity contribution is -0.142.